The van der Waals surface area contributed by atoms with E-state index in [1.807, 2.05) is 6.07 Å². The smallest absolute Gasteiger partial charge is 0.221 e. The van der Waals surface area contributed by atoms with Gasteiger partial charge in [0.15, 0.2) is 0 Å². The molecular formula is C12H14BrFN2O. The number of nitrogens with one attached hydrogen (secondary N) is 1. The van der Waals surface area contributed by atoms with E-state index in [2.05, 4.69) is 26.1 Å². The van der Waals surface area contributed by atoms with Crippen molar-refractivity contribution >= 4 is 21.8 Å². The molecule has 0 aliphatic carbocycles. The minimum Gasteiger partial charge on any atom is -0.355 e. The molecule has 0 bridgehead atoms. The van der Waals surface area contributed by atoms with Gasteiger partial charge in [-0.15, -0.1) is 0 Å². The van der Waals surface area contributed by atoms with Crippen LogP contribution in [0, 0.1) is 5.82 Å². The van der Waals surface area contributed by atoms with Gasteiger partial charge in [-0.05, 0) is 23.8 Å². The van der Waals surface area contributed by atoms with Crippen LogP contribution in [0.2, 0.25) is 0 Å². The first kappa shape index (κ1) is 12.5. The van der Waals surface area contributed by atoms with Crippen molar-refractivity contribution in [2.24, 2.45) is 0 Å². The third-order valence-corrected chi connectivity index (χ3v) is 3.19. The van der Waals surface area contributed by atoms with Crippen LogP contribution in [-0.4, -0.2) is 30.4 Å². The Morgan fingerprint density at radius 3 is 2.94 bits per heavy atom. The number of hydrogen-bond donors (Lipinski definition) is 1. The molecule has 1 aliphatic rings. The molecule has 0 radical (unpaired) electrons. The van der Waals surface area contributed by atoms with Crippen LogP contribution in [0.3, 0.4) is 0 Å². The molecule has 1 saturated heterocycles. The van der Waals surface area contributed by atoms with E-state index < -0.39 is 0 Å². The van der Waals surface area contributed by atoms with Crippen molar-refractivity contribution in [1.29, 1.82) is 0 Å². The highest BCUT2D eigenvalue weighted by molar-refractivity contribution is 9.10. The molecule has 92 valence electrons. The Morgan fingerprint density at radius 1 is 1.35 bits per heavy atom. The molecule has 0 spiro atoms. The zero-order chi connectivity index (χ0) is 12.3. The van der Waals surface area contributed by atoms with Crippen LogP contribution in [0.15, 0.2) is 22.7 Å². The minimum atomic E-state index is -0.238. The van der Waals surface area contributed by atoms with Crippen LogP contribution < -0.4 is 5.32 Å². The summed E-state index contributed by atoms with van der Waals surface area (Å²) < 4.78 is 14.0. The maximum Gasteiger partial charge on any atom is 0.221 e. The lowest BCUT2D eigenvalue weighted by atomic mass is 10.2. The molecule has 5 heteroatoms. The fourth-order valence-electron chi connectivity index (χ4n) is 1.93. The van der Waals surface area contributed by atoms with Gasteiger partial charge in [-0.25, -0.2) is 4.39 Å². The fraction of sp³-hybridized carbons (Fsp3) is 0.417. The zero-order valence-corrected chi connectivity index (χ0v) is 11.0. The molecule has 1 aromatic rings. The largest absolute Gasteiger partial charge is 0.355 e. The number of halogens is 2. The van der Waals surface area contributed by atoms with Crippen molar-refractivity contribution < 1.29 is 9.18 Å². The average molecular weight is 301 g/mol. The lowest BCUT2D eigenvalue weighted by molar-refractivity contribution is -0.120. The van der Waals surface area contributed by atoms with E-state index in [4.69, 9.17) is 0 Å². The molecule has 1 aliphatic heterocycles. The number of hydrogen-bond acceptors (Lipinski definition) is 2. The molecule has 1 amide bonds. The number of rotatable bonds is 2. The van der Waals surface area contributed by atoms with E-state index in [0.717, 1.165) is 23.1 Å². The standard InChI is InChI=1S/C12H14BrFN2O/c13-10-5-9(6-11(14)7-10)8-16-3-1-12(17)15-2-4-16/h5-7H,1-4,8H2,(H,15,17). The summed E-state index contributed by atoms with van der Waals surface area (Å²) in [6.07, 6.45) is 0.510. The first-order chi connectivity index (χ1) is 8.13. The Labute approximate surface area is 108 Å². The number of nitrogens with zero attached hydrogens (tertiary/aromatic N) is 1. The molecule has 0 saturated carbocycles. The number of carbonyl (C=O) groups is 1. The molecule has 1 fully saturated rings. The molecule has 0 atom stereocenters. The molecule has 0 unspecified atom stereocenters. The third-order valence-electron chi connectivity index (χ3n) is 2.73. The van der Waals surface area contributed by atoms with Crippen LogP contribution >= 0.6 is 15.9 Å². The van der Waals surface area contributed by atoms with Gasteiger partial charge in [-0.3, -0.25) is 9.69 Å². The van der Waals surface area contributed by atoms with Gasteiger partial charge in [-0.1, -0.05) is 15.9 Å². The number of carbonyl (C=O) groups excluding carboxylic acids is 1. The third kappa shape index (κ3) is 3.78. The van der Waals surface area contributed by atoms with Gasteiger partial charge in [0, 0.05) is 37.1 Å². The van der Waals surface area contributed by atoms with Crippen LogP contribution in [-0.2, 0) is 11.3 Å². The fourth-order valence-corrected chi connectivity index (χ4v) is 2.44. The second-order valence-corrected chi connectivity index (χ2v) is 5.07. The molecule has 0 aromatic heterocycles. The Morgan fingerprint density at radius 2 is 2.18 bits per heavy atom. The van der Waals surface area contributed by atoms with Crippen LogP contribution in [0.1, 0.15) is 12.0 Å². The van der Waals surface area contributed by atoms with Gasteiger partial charge in [0.25, 0.3) is 0 Å². The summed E-state index contributed by atoms with van der Waals surface area (Å²) in [4.78, 5) is 13.3. The van der Waals surface area contributed by atoms with E-state index in [1.165, 1.54) is 12.1 Å². The van der Waals surface area contributed by atoms with E-state index in [-0.39, 0.29) is 11.7 Å². The van der Waals surface area contributed by atoms with Crippen molar-refractivity contribution in [3.05, 3.63) is 34.1 Å². The highest BCUT2D eigenvalue weighted by Crippen LogP contribution is 2.16. The van der Waals surface area contributed by atoms with Crippen molar-refractivity contribution in [3.8, 4) is 0 Å². The van der Waals surface area contributed by atoms with E-state index in [0.29, 0.717) is 19.5 Å². The Hall–Kier alpha value is -0.940. The highest BCUT2D eigenvalue weighted by Gasteiger charge is 2.13. The summed E-state index contributed by atoms with van der Waals surface area (Å²) in [5.41, 5.74) is 0.922. The van der Waals surface area contributed by atoms with E-state index in [1.54, 1.807) is 0 Å². The molecule has 1 aromatic carbocycles. The number of amides is 1. The normalized spacial score (nSPS) is 17.6. The quantitative estimate of drug-likeness (QED) is 0.905. The molecular weight excluding hydrogens is 287 g/mol. The average Bonchev–Trinajstić information content (AvgIpc) is 2.42. The topological polar surface area (TPSA) is 32.3 Å². The maximum atomic E-state index is 13.2. The SMILES string of the molecule is O=C1CCN(Cc2cc(F)cc(Br)c2)CCN1. The lowest BCUT2D eigenvalue weighted by Crippen LogP contribution is -2.28. The summed E-state index contributed by atoms with van der Waals surface area (Å²) >= 11 is 3.28. The van der Waals surface area contributed by atoms with Crippen molar-refractivity contribution in [2.75, 3.05) is 19.6 Å². The molecule has 1 heterocycles. The van der Waals surface area contributed by atoms with Crippen molar-refractivity contribution in [1.82, 2.24) is 10.2 Å². The van der Waals surface area contributed by atoms with Crippen LogP contribution in [0.5, 0.6) is 0 Å². The first-order valence-electron chi connectivity index (χ1n) is 5.57. The minimum absolute atomic E-state index is 0.0907. The number of benzene rings is 1. The second kappa shape index (κ2) is 5.60. The van der Waals surface area contributed by atoms with Crippen molar-refractivity contribution in [2.45, 2.75) is 13.0 Å². The van der Waals surface area contributed by atoms with Crippen LogP contribution in [0.4, 0.5) is 4.39 Å². The maximum absolute atomic E-state index is 13.2. The summed E-state index contributed by atoms with van der Waals surface area (Å²) in [5.74, 6) is -0.147. The monoisotopic (exact) mass is 300 g/mol. The Kier molecular flexibility index (Phi) is 4.12. The molecule has 2 rings (SSSR count). The van der Waals surface area contributed by atoms with Crippen molar-refractivity contribution in [3.63, 3.8) is 0 Å². The zero-order valence-electron chi connectivity index (χ0n) is 9.38. The predicted molar refractivity (Wildman–Crippen MR) is 67.0 cm³/mol. The molecule has 17 heavy (non-hydrogen) atoms. The van der Waals surface area contributed by atoms with Gasteiger partial charge in [0.1, 0.15) is 5.82 Å². The van der Waals surface area contributed by atoms with Gasteiger partial charge in [0.05, 0.1) is 0 Å². The Balaban J connectivity index is 2.02. The Bertz CT molecular complexity index is 405. The first-order valence-corrected chi connectivity index (χ1v) is 6.37. The van der Waals surface area contributed by atoms with E-state index >= 15 is 0 Å². The summed E-state index contributed by atoms with van der Waals surface area (Å²) in [5, 5.41) is 2.82. The second-order valence-electron chi connectivity index (χ2n) is 4.15. The van der Waals surface area contributed by atoms with Gasteiger partial charge >= 0.3 is 0 Å². The van der Waals surface area contributed by atoms with Crippen LogP contribution in [0.25, 0.3) is 0 Å². The summed E-state index contributed by atoms with van der Waals surface area (Å²) in [7, 11) is 0. The molecule has 3 nitrogen and oxygen atoms in total. The van der Waals surface area contributed by atoms with Gasteiger partial charge in [0.2, 0.25) is 5.91 Å². The van der Waals surface area contributed by atoms with Gasteiger partial charge < -0.3 is 5.32 Å². The van der Waals surface area contributed by atoms with E-state index in [9.17, 15) is 9.18 Å². The lowest BCUT2D eigenvalue weighted by Gasteiger charge is -2.19. The summed E-state index contributed by atoms with van der Waals surface area (Å²) in [6, 6.07) is 4.88. The molecule has 1 N–H and O–H groups in total. The predicted octanol–water partition coefficient (Wildman–Crippen LogP) is 1.91. The highest BCUT2D eigenvalue weighted by atomic mass is 79.9. The summed E-state index contributed by atoms with van der Waals surface area (Å²) in [6.45, 7) is 2.86. The van der Waals surface area contributed by atoms with Gasteiger partial charge in [-0.2, -0.15) is 0 Å².